The Bertz CT molecular complexity index is 671. The van der Waals surface area contributed by atoms with Crippen LogP contribution in [0.2, 0.25) is 0 Å². The van der Waals surface area contributed by atoms with Gasteiger partial charge in [-0.3, -0.25) is 9.59 Å². The molecule has 2 aromatic heterocycles. The normalized spacial score (nSPS) is 12.2. The fourth-order valence-corrected chi connectivity index (χ4v) is 3.39. The van der Waals surface area contributed by atoms with Gasteiger partial charge in [-0.15, -0.1) is 11.3 Å². The van der Waals surface area contributed by atoms with E-state index in [-0.39, 0.29) is 17.7 Å². The van der Waals surface area contributed by atoms with Crippen LogP contribution in [-0.4, -0.2) is 28.6 Å². The first-order chi connectivity index (χ1) is 9.84. The predicted octanol–water partition coefficient (Wildman–Crippen LogP) is 3.73. The lowest BCUT2D eigenvalue weighted by Crippen LogP contribution is -2.30. The number of aromatic amines is 1. The maximum absolute atomic E-state index is 12.7. The molecule has 21 heavy (non-hydrogen) atoms. The summed E-state index contributed by atoms with van der Waals surface area (Å²) < 4.78 is 0. The largest absolute Gasteiger partial charge is 0.354 e. The van der Waals surface area contributed by atoms with Crippen molar-refractivity contribution < 1.29 is 9.59 Å². The SMILES string of the molecule is CC(=O)c1c(C)[nH]c(C(=O)N(C)[C@H](C)c2cccs2)c1C. The second-order valence-corrected chi connectivity index (χ2v) is 6.27. The summed E-state index contributed by atoms with van der Waals surface area (Å²) in [5.41, 5.74) is 2.61. The van der Waals surface area contributed by atoms with E-state index in [1.165, 1.54) is 6.92 Å². The van der Waals surface area contributed by atoms with Gasteiger partial charge in [0.25, 0.3) is 5.91 Å². The summed E-state index contributed by atoms with van der Waals surface area (Å²) in [6.07, 6.45) is 0. The third-order valence-electron chi connectivity index (χ3n) is 3.86. The Balaban J connectivity index is 2.32. The molecule has 0 unspecified atom stereocenters. The number of amides is 1. The minimum atomic E-state index is -0.0935. The molecule has 0 saturated heterocycles. The average molecular weight is 304 g/mol. The van der Waals surface area contributed by atoms with Crippen LogP contribution in [0.5, 0.6) is 0 Å². The summed E-state index contributed by atoms with van der Waals surface area (Å²) >= 11 is 1.63. The van der Waals surface area contributed by atoms with Crippen molar-refractivity contribution in [2.45, 2.75) is 33.7 Å². The van der Waals surface area contributed by atoms with Gasteiger partial charge in [0, 0.05) is 23.2 Å². The van der Waals surface area contributed by atoms with E-state index in [0.29, 0.717) is 11.3 Å². The van der Waals surface area contributed by atoms with Crippen molar-refractivity contribution in [1.29, 1.82) is 0 Å². The van der Waals surface area contributed by atoms with Gasteiger partial charge in [-0.25, -0.2) is 0 Å². The molecule has 0 saturated carbocycles. The quantitative estimate of drug-likeness (QED) is 0.875. The molecule has 0 aliphatic carbocycles. The van der Waals surface area contributed by atoms with E-state index < -0.39 is 0 Å². The smallest absolute Gasteiger partial charge is 0.270 e. The summed E-state index contributed by atoms with van der Waals surface area (Å²) in [7, 11) is 1.79. The summed E-state index contributed by atoms with van der Waals surface area (Å²) in [5, 5.41) is 2.00. The predicted molar refractivity (Wildman–Crippen MR) is 85.1 cm³/mol. The number of hydrogen-bond acceptors (Lipinski definition) is 3. The zero-order valence-electron chi connectivity index (χ0n) is 13.0. The summed E-state index contributed by atoms with van der Waals surface area (Å²) in [4.78, 5) is 30.3. The van der Waals surface area contributed by atoms with Crippen LogP contribution in [0.1, 0.15) is 56.9 Å². The van der Waals surface area contributed by atoms with E-state index in [1.54, 1.807) is 23.3 Å². The van der Waals surface area contributed by atoms with Crippen LogP contribution in [0.3, 0.4) is 0 Å². The molecule has 0 radical (unpaired) electrons. The van der Waals surface area contributed by atoms with Crippen LogP contribution in [0.4, 0.5) is 0 Å². The van der Waals surface area contributed by atoms with Gasteiger partial charge in [0.05, 0.1) is 6.04 Å². The van der Waals surface area contributed by atoms with Crippen molar-refractivity contribution in [3.63, 3.8) is 0 Å². The van der Waals surface area contributed by atoms with Crippen molar-refractivity contribution in [2.75, 3.05) is 7.05 Å². The molecule has 0 aliphatic rings. The summed E-state index contributed by atoms with van der Waals surface area (Å²) in [5.74, 6) is -0.113. The first-order valence-electron chi connectivity index (χ1n) is 6.85. The highest BCUT2D eigenvalue weighted by atomic mass is 32.1. The van der Waals surface area contributed by atoms with Gasteiger partial charge in [0.1, 0.15) is 5.69 Å². The fraction of sp³-hybridized carbons (Fsp3) is 0.375. The van der Waals surface area contributed by atoms with Crippen LogP contribution in [-0.2, 0) is 0 Å². The van der Waals surface area contributed by atoms with Gasteiger partial charge in [0.2, 0.25) is 0 Å². The van der Waals surface area contributed by atoms with Crippen molar-refractivity contribution in [1.82, 2.24) is 9.88 Å². The van der Waals surface area contributed by atoms with Gasteiger partial charge in [-0.05, 0) is 44.7 Å². The van der Waals surface area contributed by atoms with Crippen molar-refractivity contribution >= 4 is 23.0 Å². The Labute approximate surface area is 128 Å². The summed E-state index contributed by atoms with van der Waals surface area (Å²) in [6.45, 7) is 7.16. The zero-order chi connectivity index (χ0) is 15.7. The minimum absolute atomic E-state index is 0.00119. The Kier molecular flexibility index (Phi) is 4.32. The zero-order valence-corrected chi connectivity index (χ0v) is 13.8. The molecule has 1 atom stereocenters. The lowest BCUT2D eigenvalue weighted by Gasteiger charge is -2.24. The number of thiophene rings is 1. The monoisotopic (exact) mass is 304 g/mol. The number of aryl methyl sites for hydroxylation is 1. The number of carbonyl (C=O) groups is 2. The maximum Gasteiger partial charge on any atom is 0.270 e. The van der Waals surface area contributed by atoms with Crippen LogP contribution in [0.15, 0.2) is 17.5 Å². The second-order valence-electron chi connectivity index (χ2n) is 5.29. The number of nitrogens with one attached hydrogen (secondary N) is 1. The number of hydrogen-bond donors (Lipinski definition) is 1. The third kappa shape index (κ3) is 2.78. The standard InChI is InChI=1S/C16H20N2O2S/c1-9-14(12(4)19)10(2)17-15(9)16(20)18(5)11(3)13-7-6-8-21-13/h6-8,11,17H,1-5H3/t11-/m1/s1. The van der Waals surface area contributed by atoms with Crippen LogP contribution in [0, 0.1) is 13.8 Å². The number of carbonyl (C=O) groups excluding carboxylic acids is 2. The number of Topliss-reactive ketones (excluding diaryl/α,β-unsaturated/α-hetero) is 1. The van der Waals surface area contributed by atoms with Gasteiger partial charge in [-0.2, -0.15) is 0 Å². The molecule has 112 valence electrons. The number of aromatic nitrogens is 1. The second kappa shape index (κ2) is 5.85. The molecule has 0 bridgehead atoms. The number of H-pyrrole nitrogens is 1. The first kappa shape index (κ1) is 15.5. The Morgan fingerprint density at radius 3 is 2.48 bits per heavy atom. The molecular weight excluding hydrogens is 284 g/mol. The molecule has 0 spiro atoms. The maximum atomic E-state index is 12.7. The van der Waals surface area contributed by atoms with Crippen LogP contribution < -0.4 is 0 Å². The fourth-order valence-electron chi connectivity index (χ4n) is 2.56. The van der Waals surface area contributed by atoms with E-state index in [4.69, 9.17) is 0 Å². The highest BCUT2D eigenvalue weighted by Crippen LogP contribution is 2.26. The molecule has 0 fully saturated rings. The van der Waals surface area contributed by atoms with Gasteiger partial charge >= 0.3 is 0 Å². The Hall–Kier alpha value is -1.88. The molecule has 2 heterocycles. The lowest BCUT2D eigenvalue weighted by atomic mass is 10.1. The molecule has 1 amide bonds. The first-order valence-corrected chi connectivity index (χ1v) is 7.73. The van der Waals surface area contributed by atoms with E-state index in [9.17, 15) is 9.59 Å². The molecule has 2 rings (SSSR count). The van der Waals surface area contributed by atoms with E-state index >= 15 is 0 Å². The van der Waals surface area contributed by atoms with Crippen molar-refractivity contribution in [2.24, 2.45) is 0 Å². The van der Waals surface area contributed by atoms with E-state index in [1.807, 2.05) is 38.3 Å². The number of rotatable bonds is 4. The molecule has 4 nitrogen and oxygen atoms in total. The highest BCUT2D eigenvalue weighted by molar-refractivity contribution is 7.10. The van der Waals surface area contributed by atoms with Crippen molar-refractivity contribution in [3.05, 3.63) is 44.9 Å². The van der Waals surface area contributed by atoms with Gasteiger partial charge < -0.3 is 9.88 Å². The Morgan fingerprint density at radius 2 is 2.00 bits per heavy atom. The van der Waals surface area contributed by atoms with Crippen molar-refractivity contribution in [3.8, 4) is 0 Å². The summed E-state index contributed by atoms with van der Waals surface area (Å²) in [6, 6.07) is 4.00. The molecule has 0 aromatic carbocycles. The van der Waals surface area contributed by atoms with E-state index in [2.05, 4.69) is 4.98 Å². The molecule has 0 aliphatic heterocycles. The van der Waals surface area contributed by atoms with Gasteiger partial charge in [0.15, 0.2) is 5.78 Å². The number of nitrogens with zero attached hydrogens (tertiary/aromatic N) is 1. The van der Waals surface area contributed by atoms with E-state index in [0.717, 1.165) is 16.1 Å². The lowest BCUT2D eigenvalue weighted by molar-refractivity contribution is 0.0739. The average Bonchev–Trinajstić information content (AvgIpc) is 3.04. The topological polar surface area (TPSA) is 53.2 Å². The third-order valence-corrected chi connectivity index (χ3v) is 4.90. The number of ketones is 1. The highest BCUT2D eigenvalue weighted by Gasteiger charge is 2.25. The minimum Gasteiger partial charge on any atom is -0.354 e. The van der Waals surface area contributed by atoms with Crippen LogP contribution in [0.25, 0.3) is 0 Å². The van der Waals surface area contributed by atoms with Crippen LogP contribution >= 0.6 is 11.3 Å². The molecule has 2 aromatic rings. The Morgan fingerprint density at radius 1 is 1.33 bits per heavy atom. The van der Waals surface area contributed by atoms with Gasteiger partial charge in [-0.1, -0.05) is 6.07 Å². The molecular formula is C16H20N2O2S. The molecule has 5 heteroatoms. The molecule has 1 N–H and O–H groups in total.